The van der Waals surface area contributed by atoms with E-state index in [0.29, 0.717) is 24.4 Å². The van der Waals surface area contributed by atoms with Crippen molar-refractivity contribution in [2.24, 2.45) is 5.11 Å². The first-order chi connectivity index (χ1) is 20.5. The van der Waals surface area contributed by atoms with Crippen LogP contribution >= 0.6 is 0 Å². The summed E-state index contributed by atoms with van der Waals surface area (Å²) < 4.78 is 34.0. The summed E-state index contributed by atoms with van der Waals surface area (Å²) in [6.45, 7) is 0.522. The largest absolute Gasteiger partial charge is 0.438 e. The molecule has 8 heteroatoms. The maximum Gasteiger partial charge on any atom is 0.218 e. The zero-order valence-corrected chi connectivity index (χ0v) is 24.5. The minimum atomic E-state index is -3.99. The lowest BCUT2D eigenvalue weighted by Gasteiger charge is -2.29. The van der Waals surface area contributed by atoms with E-state index in [-0.39, 0.29) is 23.6 Å². The predicted octanol–water partition coefficient (Wildman–Crippen LogP) is 9.13. The molecule has 4 aromatic rings. The van der Waals surface area contributed by atoms with E-state index in [0.717, 1.165) is 49.7 Å². The second-order valence-electron chi connectivity index (χ2n) is 10.3. The van der Waals surface area contributed by atoms with E-state index in [2.05, 4.69) is 15.9 Å². The number of azide groups is 1. The van der Waals surface area contributed by atoms with Crippen LogP contribution in [0.3, 0.4) is 0 Å². The minimum absolute atomic E-state index is 0.0629. The normalized spacial score (nSPS) is 12.6. The highest BCUT2D eigenvalue weighted by Gasteiger charge is 2.50. The SMILES string of the molecule is C#CCC(CCCCCCCCCN=[N+]=[N-])(c1nc(-c2ccccc2)c(-c2ccccc2)o1)S(=O)(=O)c1ccccc1. The molecule has 1 atom stereocenters. The second-order valence-corrected chi connectivity index (χ2v) is 12.6. The van der Waals surface area contributed by atoms with Gasteiger partial charge in [0.15, 0.2) is 20.3 Å². The Morgan fingerprint density at radius 1 is 0.810 bits per heavy atom. The van der Waals surface area contributed by atoms with Crippen LogP contribution in [0, 0.1) is 12.3 Å². The summed E-state index contributed by atoms with van der Waals surface area (Å²) in [5.74, 6) is 3.30. The smallest absolute Gasteiger partial charge is 0.218 e. The summed E-state index contributed by atoms with van der Waals surface area (Å²) in [4.78, 5) is 7.91. The van der Waals surface area contributed by atoms with Gasteiger partial charge in [0, 0.05) is 29.0 Å². The zero-order chi connectivity index (χ0) is 29.7. The van der Waals surface area contributed by atoms with Crippen LogP contribution in [0.25, 0.3) is 33.0 Å². The fourth-order valence-corrected chi connectivity index (χ4v) is 7.19. The minimum Gasteiger partial charge on any atom is -0.438 e. The number of aromatic nitrogens is 1. The third kappa shape index (κ3) is 7.12. The van der Waals surface area contributed by atoms with Gasteiger partial charge < -0.3 is 4.42 Å². The number of oxazole rings is 1. The van der Waals surface area contributed by atoms with Crippen molar-refractivity contribution in [1.82, 2.24) is 4.98 Å². The summed E-state index contributed by atoms with van der Waals surface area (Å²) in [6.07, 6.45) is 12.5. The van der Waals surface area contributed by atoms with Crippen LogP contribution in [0.2, 0.25) is 0 Å². The van der Waals surface area contributed by atoms with Crippen LogP contribution in [-0.2, 0) is 14.6 Å². The maximum atomic E-state index is 14.5. The number of benzene rings is 3. The molecule has 0 spiro atoms. The van der Waals surface area contributed by atoms with Gasteiger partial charge in [0.05, 0.1) is 4.90 Å². The molecule has 0 aliphatic heterocycles. The van der Waals surface area contributed by atoms with Crippen LogP contribution in [0.4, 0.5) is 0 Å². The number of terminal acetylenes is 1. The highest BCUT2D eigenvalue weighted by Crippen LogP contribution is 2.45. The molecule has 3 aromatic carbocycles. The van der Waals surface area contributed by atoms with Gasteiger partial charge in [0.1, 0.15) is 5.69 Å². The molecule has 0 N–H and O–H groups in total. The van der Waals surface area contributed by atoms with E-state index in [4.69, 9.17) is 21.4 Å². The van der Waals surface area contributed by atoms with E-state index in [9.17, 15) is 8.42 Å². The van der Waals surface area contributed by atoms with Crippen molar-refractivity contribution in [3.8, 4) is 34.9 Å². The highest BCUT2D eigenvalue weighted by atomic mass is 32.2. The molecule has 42 heavy (non-hydrogen) atoms. The molecule has 0 saturated heterocycles. The molecule has 0 saturated carbocycles. The zero-order valence-electron chi connectivity index (χ0n) is 23.7. The summed E-state index contributed by atoms with van der Waals surface area (Å²) in [5, 5.41) is 3.58. The Labute approximate surface area is 248 Å². The van der Waals surface area contributed by atoms with E-state index in [1.165, 1.54) is 0 Å². The third-order valence-corrected chi connectivity index (χ3v) is 9.90. The van der Waals surface area contributed by atoms with Crippen molar-refractivity contribution in [3.05, 3.63) is 107 Å². The molecule has 0 bridgehead atoms. The van der Waals surface area contributed by atoms with Gasteiger partial charge in [-0.2, -0.15) is 0 Å². The molecule has 0 fully saturated rings. The topological polar surface area (TPSA) is 109 Å². The Kier molecular flexibility index (Phi) is 11.0. The van der Waals surface area contributed by atoms with Crippen LogP contribution < -0.4 is 0 Å². The molecule has 0 aliphatic carbocycles. The fourth-order valence-electron chi connectivity index (χ4n) is 5.22. The van der Waals surface area contributed by atoms with Gasteiger partial charge in [-0.3, -0.25) is 0 Å². The fraction of sp³-hybridized carbons (Fsp3) is 0.324. The number of unbranched alkanes of at least 4 members (excludes halogenated alkanes) is 6. The maximum absolute atomic E-state index is 14.5. The van der Waals surface area contributed by atoms with E-state index in [1.807, 2.05) is 60.7 Å². The average Bonchev–Trinajstić information content (AvgIpc) is 3.48. The lowest BCUT2D eigenvalue weighted by atomic mass is 9.96. The third-order valence-electron chi connectivity index (χ3n) is 7.46. The van der Waals surface area contributed by atoms with Crippen molar-refractivity contribution in [3.63, 3.8) is 0 Å². The van der Waals surface area contributed by atoms with E-state index >= 15 is 0 Å². The standard InChI is InChI=1S/C34H36N4O3S/c1-2-25-34(42(39,40)30-23-15-10-16-24-30,26-17-6-4-3-5-7-18-27-36-38-35)33-37-31(28-19-11-8-12-20-28)32(41-33)29-21-13-9-14-22-29/h1,8-16,19-24H,3-7,17-18,25-27H2. The average molecular weight is 581 g/mol. The molecule has 0 radical (unpaired) electrons. The Balaban J connectivity index is 1.71. The number of sulfone groups is 1. The van der Waals surface area contributed by atoms with Crippen LogP contribution in [0.1, 0.15) is 63.7 Å². The first-order valence-corrected chi connectivity index (χ1v) is 15.9. The predicted molar refractivity (Wildman–Crippen MR) is 167 cm³/mol. The van der Waals surface area contributed by atoms with Gasteiger partial charge in [-0.05, 0) is 30.5 Å². The van der Waals surface area contributed by atoms with Gasteiger partial charge >= 0.3 is 0 Å². The van der Waals surface area contributed by atoms with E-state index in [1.54, 1.807) is 30.3 Å². The summed E-state index contributed by atoms with van der Waals surface area (Å²) >= 11 is 0. The molecule has 0 amide bonds. The van der Waals surface area contributed by atoms with Crippen molar-refractivity contribution in [2.45, 2.75) is 67.4 Å². The molecule has 0 aliphatic rings. The molecule has 1 aromatic heterocycles. The van der Waals surface area contributed by atoms with Crippen LogP contribution in [0.15, 0.2) is 105 Å². The van der Waals surface area contributed by atoms with Crippen LogP contribution in [0.5, 0.6) is 0 Å². The van der Waals surface area contributed by atoms with Crippen molar-refractivity contribution in [2.75, 3.05) is 6.54 Å². The number of nitrogens with zero attached hydrogens (tertiary/aromatic N) is 4. The molecule has 216 valence electrons. The summed E-state index contributed by atoms with van der Waals surface area (Å²) in [7, 11) is -3.99. The lowest BCUT2D eigenvalue weighted by molar-refractivity contribution is 0.377. The number of rotatable bonds is 16. The molecule has 7 nitrogen and oxygen atoms in total. The lowest BCUT2D eigenvalue weighted by Crippen LogP contribution is -2.36. The molecule has 1 heterocycles. The van der Waals surface area contributed by atoms with Crippen LogP contribution in [-0.4, -0.2) is 19.9 Å². The summed E-state index contributed by atoms with van der Waals surface area (Å²) in [5.41, 5.74) is 10.6. The Hall–Kier alpha value is -4.31. The first kappa shape index (κ1) is 30.6. The highest BCUT2D eigenvalue weighted by molar-refractivity contribution is 7.92. The quantitative estimate of drug-likeness (QED) is 0.0433. The van der Waals surface area contributed by atoms with E-state index < -0.39 is 14.6 Å². The number of hydrogen-bond acceptors (Lipinski definition) is 5. The first-order valence-electron chi connectivity index (χ1n) is 14.4. The number of hydrogen-bond donors (Lipinski definition) is 0. The van der Waals surface area contributed by atoms with Gasteiger partial charge in [-0.1, -0.05) is 123 Å². The Bertz CT molecular complexity index is 1550. The summed E-state index contributed by atoms with van der Waals surface area (Å²) in [6, 6.07) is 27.7. The van der Waals surface area contributed by atoms with Gasteiger partial charge in [-0.25, -0.2) is 13.4 Å². The molecular formula is C34H36N4O3S. The van der Waals surface area contributed by atoms with Gasteiger partial charge in [0.2, 0.25) is 5.89 Å². The van der Waals surface area contributed by atoms with Gasteiger partial charge in [0.25, 0.3) is 0 Å². The van der Waals surface area contributed by atoms with Gasteiger partial charge in [-0.15, -0.1) is 12.3 Å². The van der Waals surface area contributed by atoms with Crippen molar-refractivity contribution >= 4 is 9.84 Å². The Morgan fingerprint density at radius 3 is 1.95 bits per heavy atom. The van der Waals surface area contributed by atoms with Crippen molar-refractivity contribution in [1.29, 1.82) is 0 Å². The molecular weight excluding hydrogens is 544 g/mol. The Morgan fingerprint density at radius 2 is 1.36 bits per heavy atom. The van der Waals surface area contributed by atoms with Crippen molar-refractivity contribution < 1.29 is 12.8 Å². The molecule has 4 rings (SSSR count). The molecule has 1 unspecified atom stereocenters. The second kappa shape index (κ2) is 15.1. The monoisotopic (exact) mass is 580 g/mol.